The number of hydrogen-bond acceptors (Lipinski definition) is 5. The molecular weight excluding hydrogens is 294 g/mol. The van der Waals surface area contributed by atoms with Crippen molar-refractivity contribution in [2.24, 2.45) is 0 Å². The molecule has 0 atom stereocenters. The first-order chi connectivity index (χ1) is 11.2. The largest absolute Gasteiger partial charge is 0.334 e. The molecule has 116 valence electrons. The van der Waals surface area contributed by atoms with Gasteiger partial charge in [0.2, 0.25) is 0 Å². The van der Waals surface area contributed by atoms with Gasteiger partial charge in [-0.25, -0.2) is 4.79 Å². The summed E-state index contributed by atoms with van der Waals surface area (Å²) < 4.78 is 1.60. The topological polar surface area (TPSA) is 97.6 Å². The number of tetrazole rings is 1. The van der Waals surface area contributed by atoms with E-state index in [9.17, 15) is 4.79 Å². The van der Waals surface area contributed by atoms with E-state index < -0.39 is 0 Å². The first kappa shape index (κ1) is 14.6. The number of nitrogens with one attached hydrogen (secondary N) is 2. The van der Waals surface area contributed by atoms with Crippen LogP contribution >= 0.6 is 0 Å². The Morgan fingerprint density at radius 1 is 1.26 bits per heavy atom. The molecule has 2 N–H and O–H groups in total. The van der Waals surface area contributed by atoms with E-state index in [-0.39, 0.29) is 6.03 Å². The minimum Gasteiger partial charge on any atom is -0.334 e. The van der Waals surface area contributed by atoms with E-state index in [1.165, 1.54) is 0 Å². The van der Waals surface area contributed by atoms with Gasteiger partial charge in [0.05, 0.1) is 5.69 Å². The Balaban J connectivity index is 1.64. The number of pyridine rings is 1. The molecule has 2 aromatic heterocycles. The van der Waals surface area contributed by atoms with Crippen molar-refractivity contribution in [2.45, 2.75) is 13.5 Å². The summed E-state index contributed by atoms with van der Waals surface area (Å²) in [5.41, 5.74) is 2.36. The predicted molar refractivity (Wildman–Crippen MR) is 84.0 cm³/mol. The maximum Gasteiger partial charge on any atom is 0.319 e. The number of aromatic nitrogens is 5. The van der Waals surface area contributed by atoms with Gasteiger partial charge in [0.25, 0.3) is 0 Å². The molecule has 2 amide bonds. The van der Waals surface area contributed by atoms with Crippen LogP contribution in [0.1, 0.15) is 11.4 Å². The molecule has 0 aliphatic carbocycles. The Kier molecular flexibility index (Phi) is 4.23. The number of benzene rings is 1. The van der Waals surface area contributed by atoms with Gasteiger partial charge >= 0.3 is 6.03 Å². The summed E-state index contributed by atoms with van der Waals surface area (Å²) in [5, 5.41) is 16.9. The molecule has 0 bridgehead atoms. The summed E-state index contributed by atoms with van der Waals surface area (Å²) in [5.74, 6) is 0.670. The molecule has 0 saturated heterocycles. The second-order valence-electron chi connectivity index (χ2n) is 4.86. The van der Waals surface area contributed by atoms with Crippen molar-refractivity contribution in [1.29, 1.82) is 0 Å². The average Bonchev–Trinajstić information content (AvgIpc) is 3.00. The van der Waals surface area contributed by atoms with Crippen LogP contribution in [0, 0.1) is 6.92 Å². The molecule has 0 aliphatic rings. The van der Waals surface area contributed by atoms with E-state index >= 15 is 0 Å². The van der Waals surface area contributed by atoms with E-state index in [0.717, 1.165) is 11.3 Å². The number of aryl methyl sites for hydroxylation is 1. The van der Waals surface area contributed by atoms with E-state index in [1.54, 1.807) is 36.1 Å². The maximum absolute atomic E-state index is 12.0. The Morgan fingerprint density at radius 2 is 2.17 bits per heavy atom. The Bertz CT molecular complexity index is 800. The predicted octanol–water partition coefficient (Wildman–Crippen LogP) is 1.69. The molecule has 8 heteroatoms. The molecule has 23 heavy (non-hydrogen) atoms. The molecule has 3 rings (SSSR count). The second kappa shape index (κ2) is 6.65. The highest BCUT2D eigenvalue weighted by molar-refractivity contribution is 5.89. The Hall–Kier alpha value is -3.29. The zero-order valence-electron chi connectivity index (χ0n) is 12.5. The molecule has 0 aliphatic heterocycles. The fourth-order valence-corrected chi connectivity index (χ4v) is 2.05. The number of carbonyl (C=O) groups is 1. The standard InChI is InChI=1S/C15H15N7O/c1-11-19-20-21-22(11)14-6-2-5-13(8-14)18-15(23)17-10-12-4-3-7-16-9-12/h2-9H,10H2,1H3,(H2,17,18,23). The van der Waals surface area contributed by atoms with Gasteiger partial charge in [0.15, 0.2) is 5.82 Å². The third-order valence-corrected chi connectivity index (χ3v) is 3.15. The molecule has 2 heterocycles. The molecule has 0 unspecified atom stereocenters. The molecule has 0 fully saturated rings. The molecule has 8 nitrogen and oxygen atoms in total. The quantitative estimate of drug-likeness (QED) is 0.764. The zero-order chi connectivity index (χ0) is 16.1. The van der Waals surface area contributed by atoms with Crippen LogP contribution in [0.2, 0.25) is 0 Å². The maximum atomic E-state index is 12.0. The minimum absolute atomic E-state index is 0.292. The third kappa shape index (κ3) is 3.67. The number of urea groups is 1. The first-order valence-electron chi connectivity index (χ1n) is 7.01. The SMILES string of the molecule is Cc1nnnn1-c1cccc(NC(=O)NCc2cccnc2)c1. The van der Waals surface area contributed by atoms with Crippen molar-refractivity contribution in [3.8, 4) is 5.69 Å². The molecule has 3 aromatic rings. The highest BCUT2D eigenvalue weighted by Crippen LogP contribution is 2.14. The summed E-state index contributed by atoms with van der Waals surface area (Å²) in [6.45, 7) is 2.21. The summed E-state index contributed by atoms with van der Waals surface area (Å²) in [7, 11) is 0. The van der Waals surface area contributed by atoms with Crippen LogP contribution < -0.4 is 10.6 Å². The van der Waals surface area contributed by atoms with Crippen molar-refractivity contribution >= 4 is 11.7 Å². The number of hydrogen-bond donors (Lipinski definition) is 2. The van der Waals surface area contributed by atoms with Gasteiger partial charge in [0.1, 0.15) is 0 Å². The average molecular weight is 309 g/mol. The molecule has 0 saturated carbocycles. The Labute approximate surface area is 132 Å². The van der Waals surface area contributed by atoms with E-state index in [0.29, 0.717) is 18.1 Å². The van der Waals surface area contributed by atoms with Gasteiger partial charge in [-0.15, -0.1) is 5.10 Å². The van der Waals surface area contributed by atoms with Gasteiger partial charge in [-0.2, -0.15) is 4.68 Å². The van der Waals surface area contributed by atoms with E-state index in [4.69, 9.17) is 0 Å². The van der Waals surface area contributed by atoms with Crippen molar-refractivity contribution in [3.63, 3.8) is 0 Å². The van der Waals surface area contributed by atoms with Crippen molar-refractivity contribution < 1.29 is 4.79 Å². The number of amides is 2. The fourth-order valence-electron chi connectivity index (χ4n) is 2.05. The van der Waals surface area contributed by atoms with Crippen LogP contribution in [0.15, 0.2) is 48.8 Å². The van der Waals surface area contributed by atoms with Gasteiger partial charge in [-0.3, -0.25) is 4.98 Å². The minimum atomic E-state index is -0.292. The lowest BCUT2D eigenvalue weighted by Gasteiger charge is -2.09. The summed E-state index contributed by atoms with van der Waals surface area (Å²) in [4.78, 5) is 16.0. The van der Waals surface area contributed by atoms with Crippen molar-refractivity contribution in [1.82, 2.24) is 30.5 Å². The van der Waals surface area contributed by atoms with E-state index in [2.05, 4.69) is 31.1 Å². The van der Waals surface area contributed by atoms with Crippen LogP contribution in [0.5, 0.6) is 0 Å². The van der Waals surface area contributed by atoms with Gasteiger partial charge in [0, 0.05) is 24.6 Å². The lowest BCUT2D eigenvalue weighted by Crippen LogP contribution is -2.28. The zero-order valence-corrected chi connectivity index (χ0v) is 12.5. The highest BCUT2D eigenvalue weighted by atomic mass is 16.2. The highest BCUT2D eigenvalue weighted by Gasteiger charge is 2.06. The third-order valence-electron chi connectivity index (χ3n) is 3.15. The van der Waals surface area contributed by atoms with Crippen LogP contribution in [0.4, 0.5) is 10.5 Å². The van der Waals surface area contributed by atoms with Crippen molar-refractivity contribution in [2.75, 3.05) is 5.32 Å². The second-order valence-corrected chi connectivity index (χ2v) is 4.86. The monoisotopic (exact) mass is 309 g/mol. The normalized spacial score (nSPS) is 10.3. The number of carbonyl (C=O) groups excluding carboxylic acids is 1. The Morgan fingerprint density at radius 3 is 2.91 bits per heavy atom. The summed E-state index contributed by atoms with van der Waals surface area (Å²) in [6, 6.07) is 10.7. The number of nitrogens with zero attached hydrogens (tertiary/aromatic N) is 5. The van der Waals surface area contributed by atoms with Crippen LogP contribution in [-0.2, 0) is 6.54 Å². The van der Waals surface area contributed by atoms with Crippen LogP contribution in [-0.4, -0.2) is 31.2 Å². The first-order valence-corrected chi connectivity index (χ1v) is 7.01. The molecular formula is C15H15N7O. The van der Waals surface area contributed by atoms with E-state index in [1.807, 2.05) is 24.3 Å². The summed E-state index contributed by atoms with van der Waals surface area (Å²) in [6.07, 6.45) is 3.40. The molecule has 1 aromatic carbocycles. The van der Waals surface area contributed by atoms with Gasteiger partial charge < -0.3 is 10.6 Å². The van der Waals surface area contributed by atoms with Crippen LogP contribution in [0.25, 0.3) is 5.69 Å². The van der Waals surface area contributed by atoms with Gasteiger partial charge in [-0.1, -0.05) is 12.1 Å². The smallest absolute Gasteiger partial charge is 0.319 e. The van der Waals surface area contributed by atoms with Gasteiger partial charge in [-0.05, 0) is 47.2 Å². The number of rotatable bonds is 4. The van der Waals surface area contributed by atoms with Crippen LogP contribution in [0.3, 0.4) is 0 Å². The lowest BCUT2D eigenvalue weighted by molar-refractivity contribution is 0.251. The number of anilines is 1. The lowest BCUT2D eigenvalue weighted by atomic mass is 10.2. The molecule has 0 spiro atoms. The fraction of sp³-hybridized carbons (Fsp3) is 0.133. The van der Waals surface area contributed by atoms with Crippen molar-refractivity contribution in [3.05, 3.63) is 60.2 Å². The summed E-state index contributed by atoms with van der Waals surface area (Å²) >= 11 is 0. The molecule has 0 radical (unpaired) electrons.